The molecule has 2 N–H and O–H groups in total. The third-order valence-electron chi connectivity index (χ3n) is 1.34. The minimum Gasteiger partial charge on any atom is -0.476 e. The number of hydrogen-bond acceptors (Lipinski definition) is 2. The Morgan fingerprint density at radius 1 is 1.27 bits per heavy atom. The standard InChI is InChI=1S/C9H13NO/c1-7-3-5-9(6-4-7)11-8(2)10/h3-6,8H,10H2,1-2H3. The first kappa shape index (κ1) is 8.08. The summed E-state index contributed by atoms with van der Waals surface area (Å²) in [7, 11) is 0. The molecule has 0 fully saturated rings. The number of ether oxygens (including phenoxy) is 1. The first-order chi connectivity index (χ1) is 5.18. The van der Waals surface area contributed by atoms with Crippen LogP contribution in [0.2, 0.25) is 0 Å². The average Bonchev–Trinajstić information content (AvgIpc) is 1.93. The summed E-state index contributed by atoms with van der Waals surface area (Å²) in [4.78, 5) is 0. The van der Waals surface area contributed by atoms with Crippen molar-refractivity contribution in [2.75, 3.05) is 0 Å². The fourth-order valence-corrected chi connectivity index (χ4v) is 0.831. The quantitative estimate of drug-likeness (QED) is 0.653. The van der Waals surface area contributed by atoms with Crippen LogP contribution in [0.5, 0.6) is 5.75 Å². The van der Waals surface area contributed by atoms with Gasteiger partial charge in [-0.2, -0.15) is 0 Å². The highest BCUT2D eigenvalue weighted by Gasteiger charge is 1.94. The normalized spacial score (nSPS) is 12.6. The summed E-state index contributed by atoms with van der Waals surface area (Å²) in [6, 6.07) is 7.83. The molecule has 0 aliphatic heterocycles. The van der Waals surface area contributed by atoms with Crippen molar-refractivity contribution in [3.05, 3.63) is 29.8 Å². The van der Waals surface area contributed by atoms with E-state index in [1.807, 2.05) is 31.2 Å². The second kappa shape index (κ2) is 3.39. The zero-order chi connectivity index (χ0) is 8.27. The van der Waals surface area contributed by atoms with Crippen LogP contribution in [0, 0.1) is 6.92 Å². The molecule has 0 amide bonds. The molecule has 0 aromatic heterocycles. The van der Waals surface area contributed by atoms with Crippen LogP contribution in [0.3, 0.4) is 0 Å². The maximum Gasteiger partial charge on any atom is 0.144 e. The van der Waals surface area contributed by atoms with E-state index in [-0.39, 0.29) is 6.23 Å². The Morgan fingerprint density at radius 2 is 1.82 bits per heavy atom. The molecule has 1 unspecified atom stereocenters. The molecule has 2 nitrogen and oxygen atoms in total. The van der Waals surface area contributed by atoms with Gasteiger partial charge in [-0.3, -0.25) is 5.73 Å². The van der Waals surface area contributed by atoms with E-state index < -0.39 is 0 Å². The molecule has 0 bridgehead atoms. The van der Waals surface area contributed by atoms with E-state index in [1.54, 1.807) is 6.92 Å². The van der Waals surface area contributed by atoms with E-state index in [2.05, 4.69) is 0 Å². The lowest BCUT2D eigenvalue weighted by molar-refractivity contribution is 0.230. The molecule has 11 heavy (non-hydrogen) atoms. The minimum absolute atomic E-state index is 0.238. The van der Waals surface area contributed by atoms with E-state index in [0.29, 0.717) is 0 Å². The third kappa shape index (κ3) is 2.60. The lowest BCUT2D eigenvalue weighted by atomic mass is 10.2. The van der Waals surface area contributed by atoms with E-state index in [0.717, 1.165) is 5.75 Å². The molecule has 0 saturated heterocycles. The number of benzene rings is 1. The lowest BCUT2D eigenvalue weighted by Gasteiger charge is -2.08. The Labute approximate surface area is 67.0 Å². The summed E-state index contributed by atoms with van der Waals surface area (Å²) in [5.74, 6) is 0.825. The summed E-state index contributed by atoms with van der Waals surface area (Å²) in [5, 5.41) is 0. The van der Waals surface area contributed by atoms with Crippen LogP contribution in [0.25, 0.3) is 0 Å². The van der Waals surface area contributed by atoms with Crippen molar-refractivity contribution >= 4 is 0 Å². The van der Waals surface area contributed by atoms with Crippen LogP contribution < -0.4 is 10.5 Å². The molecular formula is C9H13NO. The maximum atomic E-state index is 5.44. The highest BCUT2D eigenvalue weighted by molar-refractivity contribution is 5.26. The van der Waals surface area contributed by atoms with E-state index >= 15 is 0 Å². The van der Waals surface area contributed by atoms with Gasteiger partial charge < -0.3 is 4.74 Å². The molecule has 2 heteroatoms. The zero-order valence-corrected chi connectivity index (χ0v) is 6.87. The van der Waals surface area contributed by atoms with Crippen molar-refractivity contribution in [1.82, 2.24) is 0 Å². The Morgan fingerprint density at radius 3 is 2.27 bits per heavy atom. The largest absolute Gasteiger partial charge is 0.476 e. The van der Waals surface area contributed by atoms with Gasteiger partial charge in [-0.15, -0.1) is 0 Å². The maximum absolute atomic E-state index is 5.44. The SMILES string of the molecule is Cc1ccc(OC(C)N)cc1. The van der Waals surface area contributed by atoms with Gasteiger partial charge in [0.2, 0.25) is 0 Å². The van der Waals surface area contributed by atoms with Gasteiger partial charge in [-0.25, -0.2) is 0 Å². The summed E-state index contributed by atoms with van der Waals surface area (Å²) in [5.41, 5.74) is 6.66. The smallest absolute Gasteiger partial charge is 0.144 e. The first-order valence-electron chi connectivity index (χ1n) is 3.67. The van der Waals surface area contributed by atoms with Gasteiger partial charge in [0.1, 0.15) is 12.0 Å². The number of nitrogens with two attached hydrogens (primary N) is 1. The Bertz CT molecular complexity index is 216. The van der Waals surface area contributed by atoms with Crippen LogP contribution in [0.1, 0.15) is 12.5 Å². The van der Waals surface area contributed by atoms with Crippen LogP contribution in [0.15, 0.2) is 24.3 Å². The Hall–Kier alpha value is -1.02. The second-order valence-electron chi connectivity index (χ2n) is 2.64. The summed E-state index contributed by atoms with van der Waals surface area (Å²) >= 11 is 0. The Balaban J connectivity index is 2.66. The predicted molar refractivity (Wildman–Crippen MR) is 45.5 cm³/mol. The molecule has 0 aliphatic carbocycles. The monoisotopic (exact) mass is 151 g/mol. The molecule has 1 aromatic carbocycles. The summed E-state index contributed by atoms with van der Waals surface area (Å²) < 4.78 is 5.25. The van der Waals surface area contributed by atoms with Crippen molar-refractivity contribution in [3.63, 3.8) is 0 Å². The molecule has 1 aromatic rings. The summed E-state index contributed by atoms with van der Waals surface area (Å²) in [6.07, 6.45) is -0.238. The van der Waals surface area contributed by atoms with Crippen molar-refractivity contribution < 1.29 is 4.74 Å². The number of hydrogen-bond donors (Lipinski definition) is 1. The molecule has 1 rings (SSSR count). The van der Waals surface area contributed by atoms with E-state index in [4.69, 9.17) is 10.5 Å². The van der Waals surface area contributed by atoms with Gasteiger partial charge >= 0.3 is 0 Å². The van der Waals surface area contributed by atoms with Gasteiger partial charge in [-0.05, 0) is 26.0 Å². The molecular weight excluding hydrogens is 138 g/mol. The molecule has 0 spiro atoms. The van der Waals surface area contributed by atoms with Crippen molar-refractivity contribution in [2.45, 2.75) is 20.1 Å². The number of aryl methyl sites for hydroxylation is 1. The molecule has 0 heterocycles. The Kier molecular flexibility index (Phi) is 2.49. The van der Waals surface area contributed by atoms with Gasteiger partial charge in [-0.1, -0.05) is 17.7 Å². The van der Waals surface area contributed by atoms with Crippen molar-refractivity contribution in [1.29, 1.82) is 0 Å². The highest BCUT2D eigenvalue weighted by Crippen LogP contribution is 2.11. The van der Waals surface area contributed by atoms with Gasteiger partial charge in [0.05, 0.1) is 0 Å². The lowest BCUT2D eigenvalue weighted by Crippen LogP contribution is -2.22. The van der Waals surface area contributed by atoms with Crippen LogP contribution >= 0.6 is 0 Å². The van der Waals surface area contributed by atoms with Gasteiger partial charge in [0, 0.05) is 0 Å². The average molecular weight is 151 g/mol. The van der Waals surface area contributed by atoms with Gasteiger partial charge in [0.15, 0.2) is 0 Å². The fraction of sp³-hybridized carbons (Fsp3) is 0.333. The topological polar surface area (TPSA) is 35.2 Å². The molecule has 0 aliphatic rings. The van der Waals surface area contributed by atoms with E-state index in [1.165, 1.54) is 5.56 Å². The van der Waals surface area contributed by atoms with Crippen LogP contribution in [-0.2, 0) is 0 Å². The van der Waals surface area contributed by atoms with Crippen LogP contribution in [0.4, 0.5) is 0 Å². The van der Waals surface area contributed by atoms with Crippen LogP contribution in [-0.4, -0.2) is 6.23 Å². The first-order valence-corrected chi connectivity index (χ1v) is 3.67. The predicted octanol–water partition coefficient (Wildman–Crippen LogP) is 1.68. The summed E-state index contributed by atoms with van der Waals surface area (Å²) in [6.45, 7) is 3.84. The van der Waals surface area contributed by atoms with Crippen molar-refractivity contribution in [3.8, 4) is 5.75 Å². The van der Waals surface area contributed by atoms with Crippen molar-refractivity contribution in [2.24, 2.45) is 5.73 Å². The molecule has 0 radical (unpaired) electrons. The second-order valence-corrected chi connectivity index (χ2v) is 2.64. The van der Waals surface area contributed by atoms with Gasteiger partial charge in [0.25, 0.3) is 0 Å². The molecule has 60 valence electrons. The minimum atomic E-state index is -0.238. The fourth-order valence-electron chi connectivity index (χ4n) is 0.831. The molecule has 1 atom stereocenters. The third-order valence-corrected chi connectivity index (χ3v) is 1.34. The number of rotatable bonds is 2. The van der Waals surface area contributed by atoms with E-state index in [9.17, 15) is 0 Å². The molecule has 0 saturated carbocycles. The zero-order valence-electron chi connectivity index (χ0n) is 6.87. The highest BCUT2D eigenvalue weighted by atomic mass is 16.5.